The van der Waals surface area contributed by atoms with Gasteiger partial charge in [0.2, 0.25) is 11.8 Å². The van der Waals surface area contributed by atoms with Crippen molar-refractivity contribution in [3.8, 4) is 0 Å². The molecule has 168 valence electrons. The van der Waals surface area contributed by atoms with E-state index >= 15 is 0 Å². The minimum Gasteiger partial charge on any atom is -0.463 e. The summed E-state index contributed by atoms with van der Waals surface area (Å²) in [5, 5.41) is 2.87. The van der Waals surface area contributed by atoms with E-state index in [1.807, 2.05) is 61.5 Å². The van der Waals surface area contributed by atoms with Crippen LogP contribution in [0.3, 0.4) is 0 Å². The van der Waals surface area contributed by atoms with Crippen LogP contribution in [0.1, 0.15) is 42.9 Å². The van der Waals surface area contributed by atoms with Crippen LogP contribution in [0, 0.1) is 6.92 Å². The number of hydrogen-bond acceptors (Lipinski definition) is 4. The van der Waals surface area contributed by atoms with Crippen molar-refractivity contribution in [3.63, 3.8) is 0 Å². The Morgan fingerprint density at radius 2 is 1.84 bits per heavy atom. The molecule has 0 aliphatic carbocycles. The molecule has 2 aromatic rings. The molecule has 0 spiro atoms. The summed E-state index contributed by atoms with van der Waals surface area (Å²) in [6, 6.07) is 17.7. The van der Waals surface area contributed by atoms with E-state index in [0.717, 1.165) is 16.7 Å². The van der Waals surface area contributed by atoms with E-state index < -0.39 is 5.97 Å². The Labute approximate surface area is 189 Å². The van der Waals surface area contributed by atoms with E-state index in [4.69, 9.17) is 4.74 Å². The Balaban J connectivity index is 1.77. The van der Waals surface area contributed by atoms with Gasteiger partial charge in [0.1, 0.15) is 6.54 Å². The zero-order valence-corrected chi connectivity index (χ0v) is 18.9. The van der Waals surface area contributed by atoms with Crippen LogP contribution in [0.5, 0.6) is 0 Å². The van der Waals surface area contributed by atoms with E-state index in [-0.39, 0.29) is 37.3 Å². The number of amides is 2. The van der Waals surface area contributed by atoms with E-state index in [9.17, 15) is 14.4 Å². The van der Waals surface area contributed by atoms with Crippen LogP contribution in [0.15, 0.2) is 65.9 Å². The maximum absolute atomic E-state index is 13.0. The molecule has 1 aliphatic rings. The van der Waals surface area contributed by atoms with Crippen molar-refractivity contribution in [1.82, 2.24) is 10.2 Å². The third kappa shape index (κ3) is 5.63. The molecular weight excluding hydrogens is 404 g/mol. The first-order valence-electron chi connectivity index (χ1n) is 11.0. The summed E-state index contributed by atoms with van der Waals surface area (Å²) in [6.45, 7) is 6.03. The van der Waals surface area contributed by atoms with Gasteiger partial charge in [0.25, 0.3) is 0 Å². The van der Waals surface area contributed by atoms with Gasteiger partial charge < -0.3 is 15.0 Å². The van der Waals surface area contributed by atoms with E-state index in [1.165, 1.54) is 4.90 Å². The van der Waals surface area contributed by atoms with Crippen molar-refractivity contribution in [2.24, 2.45) is 0 Å². The first-order valence-corrected chi connectivity index (χ1v) is 11.0. The largest absolute Gasteiger partial charge is 0.463 e. The number of rotatable bonds is 8. The number of esters is 1. The third-order valence-corrected chi connectivity index (χ3v) is 5.64. The van der Waals surface area contributed by atoms with Gasteiger partial charge in [-0.2, -0.15) is 0 Å². The molecule has 0 aromatic heterocycles. The molecule has 1 unspecified atom stereocenters. The number of allylic oxidation sites excluding steroid dienone is 1. The number of carbonyl (C=O) groups is 3. The van der Waals surface area contributed by atoms with Gasteiger partial charge in [-0.25, -0.2) is 4.79 Å². The van der Waals surface area contributed by atoms with Crippen molar-refractivity contribution < 1.29 is 19.1 Å². The molecule has 1 aliphatic heterocycles. The summed E-state index contributed by atoms with van der Waals surface area (Å²) in [6.07, 6.45) is 0.824. The van der Waals surface area contributed by atoms with Crippen LogP contribution in [0.4, 0.5) is 0 Å². The molecule has 0 bridgehead atoms. The fourth-order valence-corrected chi connectivity index (χ4v) is 4.04. The van der Waals surface area contributed by atoms with Gasteiger partial charge in [0, 0.05) is 24.6 Å². The second kappa shape index (κ2) is 10.8. The number of nitrogens with one attached hydrogen (secondary N) is 1. The molecule has 2 amide bonds. The van der Waals surface area contributed by atoms with Crippen LogP contribution in [0.25, 0.3) is 0 Å². The van der Waals surface area contributed by atoms with Gasteiger partial charge in [0.05, 0.1) is 12.2 Å². The molecule has 0 saturated heterocycles. The zero-order valence-electron chi connectivity index (χ0n) is 18.9. The minimum atomic E-state index is -0.446. The molecule has 1 heterocycles. The van der Waals surface area contributed by atoms with Gasteiger partial charge in [0.15, 0.2) is 0 Å². The van der Waals surface area contributed by atoms with Crippen LogP contribution in [0.2, 0.25) is 0 Å². The number of benzene rings is 2. The van der Waals surface area contributed by atoms with Crippen molar-refractivity contribution in [1.29, 1.82) is 0 Å². The molecule has 2 aromatic carbocycles. The fraction of sp³-hybridized carbons (Fsp3) is 0.346. The lowest BCUT2D eigenvalue weighted by atomic mass is 9.83. The Kier molecular flexibility index (Phi) is 7.82. The van der Waals surface area contributed by atoms with Gasteiger partial charge >= 0.3 is 5.97 Å². The first-order chi connectivity index (χ1) is 15.4. The van der Waals surface area contributed by atoms with Gasteiger partial charge in [-0.3, -0.25) is 9.59 Å². The van der Waals surface area contributed by atoms with Crippen LogP contribution >= 0.6 is 0 Å². The summed E-state index contributed by atoms with van der Waals surface area (Å²) in [5.41, 5.74) is 3.99. The summed E-state index contributed by atoms with van der Waals surface area (Å²) < 4.78 is 5.30. The van der Waals surface area contributed by atoms with Crippen molar-refractivity contribution in [2.45, 2.75) is 39.5 Å². The van der Waals surface area contributed by atoms with Crippen molar-refractivity contribution in [3.05, 3.63) is 82.6 Å². The molecule has 6 heteroatoms. The maximum atomic E-state index is 13.0. The Hall–Kier alpha value is -3.41. The zero-order chi connectivity index (χ0) is 23.1. The highest BCUT2D eigenvalue weighted by Gasteiger charge is 2.37. The Morgan fingerprint density at radius 3 is 2.53 bits per heavy atom. The van der Waals surface area contributed by atoms with Crippen LogP contribution in [-0.4, -0.2) is 42.4 Å². The lowest BCUT2D eigenvalue weighted by Gasteiger charge is -2.34. The summed E-state index contributed by atoms with van der Waals surface area (Å²) in [5.74, 6) is -1.27. The lowest BCUT2D eigenvalue weighted by molar-refractivity contribution is -0.141. The second-order valence-electron chi connectivity index (χ2n) is 7.96. The molecule has 1 atom stereocenters. The van der Waals surface area contributed by atoms with Gasteiger partial charge in [-0.1, -0.05) is 60.2 Å². The Bertz CT molecular complexity index is 1010. The quantitative estimate of drug-likeness (QED) is 0.645. The molecule has 0 fully saturated rings. The van der Waals surface area contributed by atoms with E-state index in [2.05, 4.69) is 5.32 Å². The highest BCUT2D eigenvalue weighted by molar-refractivity contribution is 5.97. The maximum Gasteiger partial charge on any atom is 0.336 e. The molecule has 1 N–H and O–H groups in total. The van der Waals surface area contributed by atoms with Crippen LogP contribution in [-0.2, 0) is 25.5 Å². The monoisotopic (exact) mass is 434 g/mol. The number of aryl methyl sites for hydroxylation is 1. The number of hydrogen-bond donors (Lipinski definition) is 1. The number of ether oxygens (including phenoxy) is 1. The van der Waals surface area contributed by atoms with Crippen molar-refractivity contribution >= 4 is 17.8 Å². The van der Waals surface area contributed by atoms with Gasteiger partial charge in [-0.05, 0) is 38.3 Å². The highest BCUT2D eigenvalue weighted by Crippen LogP contribution is 2.37. The summed E-state index contributed by atoms with van der Waals surface area (Å²) in [4.78, 5) is 39.8. The fourth-order valence-electron chi connectivity index (χ4n) is 4.04. The lowest BCUT2D eigenvalue weighted by Crippen LogP contribution is -2.44. The standard InChI is InChI=1S/C26H30N2O4/c1-4-32-26(31)25-19(3)28(17-23(29)27-14-13-20-10-6-5-7-11-20)24(30)16-22(25)21-12-8-9-18(2)15-21/h5-12,15,22H,4,13-14,16-17H2,1-3H3,(H,27,29). The van der Waals surface area contributed by atoms with E-state index in [1.54, 1.807) is 13.8 Å². The van der Waals surface area contributed by atoms with Crippen molar-refractivity contribution in [2.75, 3.05) is 19.7 Å². The number of nitrogens with zero attached hydrogens (tertiary/aromatic N) is 1. The molecule has 0 radical (unpaired) electrons. The summed E-state index contributed by atoms with van der Waals surface area (Å²) in [7, 11) is 0. The number of carbonyl (C=O) groups excluding carboxylic acids is 3. The first kappa shape index (κ1) is 23.3. The molecule has 32 heavy (non-hydrogen) atoms. The predicted octanol–water partition coefficient (Wildman–Crippen LogP) is 3.51. The average Bonchev–Trinajstić information content (AvgIpc) is 2.77. The highest BCUT2D eigenvalue weighted by atomic mass is 16.5. The normalized spacial score (nSPS) is 16.2. The predicted molar refractivity (Wildman–Crippen MR) is 123 cm³/mol. The third-order valence-electron chi connectivity index (χ3n) is 5.64. The topological polar surface area (TPSA) is 75.7 Å². The van der Waals surface area contributed by atoms with Gasteiger partial charge in [-0.15, -0.1) is 0 Å². The second-order valence-corrected chi connectivity index (χ2v) is 7.96. The molecule has 3 rings (SSSR count). The molecular formula is C26H30N2O4. The minimum absolute atomic E-state index is 0.117. The summed E-state index contributed by atoms with van der Waals surface area (Å²) >= 11 is 0. The molecule has 0 saturated carbocycles. The molecule has 6 nitrogen and oxygen atoms in total. The van der Waals surface area contributed by atoms with E-state index in [0.29, 0.717) is 24.2 Å². The Morgan fingerprint density at radius 1 is 1.09 bits per heavy atom. The SMILES string of the molecule is CCOC(=O)C1=C(C)N(CC(=O)NCCc2ccccc2)C(=O)CC1c1cccc(C)c1. The smallest absolute Gasteiger partial charge is 0.336 e. The average molecular weight is 435 g/mol. The van der Waals surface area contributed by atoms with Crippen LogP contribution < -0.4 is 5.32 Å².